The molecule has 156 valence electrons. The average molecular weight is 437 g/mol. The Balaban J connectivity index is 1.81. The number of fused-ring (bicyclic) bond motifs is 1. The molecule has 1 N–H and O–H groups in total. The van der Waals surface area contributed by atoms with Gasteiger partial charge in [-0.1, -0.05) is 30.3 Å². The normalized spacial score (nSPS) is 15.5. The van der Waals surface area contributed by atoms with Gasteiger partial charge < -0.3 is 9.30 Å². The molecule has 1 saturated heterocycles. The number of aromatic nitrogens is 1. The van der Waals surface area contributed by atoms with Crippen molar-refractivity contribution in [3.63, 3.8) is 0 Å². The first-order chi connectivity index (χ1) is 14.9. The molecule has 0 unspecified atom stereocenters. The molecule has 3 aromatic rings. The number of benzene rings is 2. The van der Waals surface area contributed by atoms with Gasteiger partial charge in [-0.15, -0.1) is 0 Å². The maximum Gasteiger partial charge on any atom is 0.325 e. The monoisotopic (exact) mass is 437 g/mol. The molecule has 2 heterocycles. The molecule has 9 heteroatoms. The van der Waals surface area contributed by atoms with Crippen LogP contribution in [0.15, 0.2) is 60.3 Å². The van der Waals surface area contributed by atoms with E-state index < -0.39 is 23.6 Å². The summed E-state index contributed by atoms with van der Waals surface area (Å²) in [7, 11) is 1.29. The highest BCUT2D eigenvalue weighted by molar-refractivity contribution is 7.80. The summed E-state index contributed by atoms with van der Waals surface area (Å²) in [6, 6.07) is 12.9. The van der Waals surface area contributed by atoms with Crippen LogP contribution in [0.4, 0.5) is 10.1 Å². The molecular weight excluding hydrogens is 421 g/mol. The fourth-order valence-electron chi connectivity index (χ4n) is 3.39. The number of hydrogen-bond acceptors (Lipinski definition) is 5. The SMILES string of the molecule is COC(=O)Cn1cc(/C=C2/C(=O)NC(=S)N(c3ccccc3F)C2=O)c2ccccc21. The summed E-state index contributed by atoms with van der Waals surface area (Å²) in [5, 5.41) is 2.96. The maximum absolute atomic E-state index is 14.3. The quantitative estimate of drug-likeness (QED) is 0.294. The van der Waals surface area contributed by atoms with Crippen molar-refractivity contribution in [2.45, 2.75) is 6.54 Å². The molecule has 0 aliphatic carbocycles. The van der Waals surface area contributed by atoms with E-state index in [4.69, 9.17) is 17.0 Å². The zero-order valence-electron chi connectivity index (χ0n) is 16.3. The second kappa shape index (κ2) is 8.11. The Labute approximate surface area is 181 Å². The molecule has 4 rings (SSSR count). The lowest BCUT2D eigenvalue weighted by molar-refractivity contribution is -0.141. The predicted molar refractivity (Wildman–Crippen MR) is 117 cm³/mol. The van der Waals surface area contributed by atoms with Crippen LogP contribution in [0, 0.1) is 5.82 Å². The first kappa shape index (κ1) is 20.4. The highest BCUT2D eigenvalue weighted by atomic mass is 32.1. The van der Waals surface area contributed by atoms with Crippen molar-refractivity contribution in [2.75, 3.05) is 12.0 Å². The number of hydrogen-bond donors (Lipinski definition) is 1. The number of thiocarbonyl (C=S) groups is 1. The van der Waals surface area contributed by atoms with Crippen molar-refractivity contribution in [1.29, 1.82) is 0 Å². The van der Waals surface area contributed by atoms with Gasteiger partial charge in [-0.2, -0.15) is 0 Å². The maximum atomic E-state index is 14.3. The number of methoxy groups -OCH3 is 1. The minimum Gasteiger partial charge on any atom is -0.468 e. The van der Waals surface area contributed by atoms with E-state index in [0.717, 1.165) is 15.8 Å². The summed E-state index contributed by atoms with van der Waals surface area (Å²) in [6.45, 7) is -0.0359. The second-order valence-corrected chi connectivity index (χ2v) is 7.10. The van der Waals surface area contributed by atoms with Gasteiger partial charge in [-0.3, -0.25) is 19.7 Å². The van der Waals surface area contributed by atoms with E-state index >= 15 is 0 Å². The lowest BCUT2D eigenvalue weighted by atomic mass is 10.1. The Morgan fingerprint density at radius 2 is 1.87 bits per heavy atom. The van der Waals surface area contributed by atoms with Crippen LogP contribution >= 0.6 is 12.2 Å². The topological polar surface area (TPSA) is 80.6 Å². The fraction of sp³-hybridized carbons (Fsp3) is 0.0909. The van der Waals surface area contributed by atoms with Crippen LogP contribution in [0.2, 0.25) is 0 Å². The lowest BCUT2D eigenvalue weighted by Crippen LogP contribution is -2.54. The number of halogens is 1. The Morgan fingerprint density at radius 1 is 1.16 bits per heavy atom. The Morgan fingerprint density at radius 3 is 2.61 bits per heavy atom. The van der Waals surface area contributed by atoms with Gasteiger partial charge in [0.1, 0.15) is 17.9 Å². The van der Waals surface area contributed by atoms with Crippen LogP contribution in [0.25, 0.3) is 17.0 Å². The fourth-order valence-corrected chi connectivity index (χ4v) is 3.66. The van der Waals surface area contributed by atoms with Gasteiger partial charge in [0.2, 0.25) is 0 Å². The lowest BCUT2D eigenvalue weighted by Gasteiger charge is -2.29. The number of carbonyl (C=O) groups excluding carboxylic acids is 3. The van der Waals surface area contributed by atoms with E-state index in [0.29, 0.717) is 5.56 Å². The molecule has 1 aliphatic heterocycles. The van der Waals surface area contributed by atoms with Gasteiger partial charge in [0, 0.05) is 22.7 Å². The molecule has 7 nitrogen and oxygen atoms in total. The molecule has 1 aliphatic rings. The number of ether oxygens (including phenoxy) is 1. The standard InChI is InChI=1S/C22H16FN3O4S/c1-30-19(27)12-25-11-13(14-6-2-4-8-17(14)25)10-15-20(28)24-22(31)26(21(15)29)18-9-5-3-7-16(18)23/h2-11H,12H2,1H3,(H,24,28,31)/b15-10-. The Hall–Kier alpha value is -3.85. The van der Waals surface area contributed by atoms with Crippen LogP contribution < -0.4 is 10.2 Å². The average Bonchev–Trinajstić information content (AvgIpc) is 3.09. The van der Waals surface area contributed by atoms with Gasteiger partial charge in [-0.05, 0) is 36.5 Å². The number of nitrogens with one attached hydrogen (secondary N) is 1. The number of anilines is 1. The summed E-state index contributed by atoms with van der Waals surface area (Å²) in [6.07, 6.45) is 3.05. The third-order valence-corrected chi connectivity index (χ3v) is 5.13. The third kappa shape index (κ3) is 3.71. The Bertz CT molecular complexity index is 1280. The van der Waals surface area contributed by atoms with Gasteiger partial charge in [-0.25, -0.2) is 9.29 Å². The van der Waals surface area contributed by atoms with E-state index in [1.54, 1.807) is 29.0 Å². The van der Waals surface area contributed by atoms with Crippen molar-refractivity contribution in [3.05, 3.63) is 71.7 Å². The Kier molecular flexibility index (Phi) is 5.35. The van der Waals surface area contributed by atoms with E-state index in [1.807, 2.05) is 12.1 Å². The van der Waals surface area contributed by atoms with Gasteiger partial charge in [0.15, 0.2) is 5.11 Å². The third-order valence-electron chi connectivity index (χ3n) is 4.84. The number of carbonyl (C=O) groups is 3. The zero-order valence-corrected chi connectivity index (χ0v) is 17.1. The number of esters is 1. The first-order valence-corrected chi connectivity index (χ1v) is 9.62. The van der Waals surface area contributed by atoms with Gasteiger partial charge in [0.25, 0.3) is 11.8 Å². The zero-order chi connectivity index (χ0) is 22.1. The molecule has 2 amide bonds. The molecular formula is C22H16FN3O4S. The smallest absolute Gasteiger partial charge is 0.325 e. The number of nitrogens with zero attached hydrogens (tertiary/aromatic N) is 2. The highest BCUT2D eigenvalue weighted by Gasteiger charge is 2.35. The van der Waals surface area contributed by atoms with Crippen molar-refractivity contribution in [2.24, 2.45) is 0 Å². The predicted octanol–water partition coefficient (Wildman–Crippen LogP) is 2.78. The largest absolute Gasteiger partial charge is 0.468 e. The summed E-state index contributed by atoms with van der Waals surface area (Å²) >= 11 is 5.11. The molecule has 0 radical (unpaired) electrons. The first-order valence-electron chi connectivity index (χ1n) is 9.21. The minimum atomic E-state index is -0.747. The van der Waals surface area contributed by atoms with Crippen LogP contribution in [0.1, 0.15) is 5.56 Å². The van der Waals surface area contributed by atoms with Crippen LogP contribution in [0.3, 0.4) is 0 Å². The van der Waals surface area contributed by atoms with Gasteiger partial charge >= 0.3 is 5.97 Å². The van der Waals surface area contributed by atoms with Crippen molar-refractivity contribution >= 4 is 57.8 Å². The van der Waals surface area contributed by atoms with Crippen LogP contribution in [-0.2, 0) is 25.7 Å². The summed E-state index contributed by atoms with van der Waals surface area (Å²) in [4.78, 5) is 38.4. The molecule has 0 saturated carbocycles. The molecule has 0 spiro atoms. The summed E-state index contributed by atoms with van der Waals surface area (Å²) in [5.74, 6) is -2.53. The number of rotatable bonds is 4. The summed E-state index contributed by atoms with van der Waals surface area (Å²) < 4.78 is 20.7. The second-order valence-electron chi connectivity index (χ2n) is 6.71. The van der Waals surface area contributed by atoms with Gasteiger partial charge in [0.05, 0.1) is 12.8 Å². The van der Waals surface area contributed by atoms with E-state index in [-0.39, 0.29) is 22.9 Å². The van der Waals surface area contributed by atoms with E-state index in [1.165, 1.54) is 31.4 Å². The molecule has 1 aromatic heterocycles. The minimum absolute atomic E-state index is 0.0359. The number of amides is 2. The van der Waals surface area contributed by atoms with Crippen LogP contribution in [-0.4, -0.2) is 34.6 Å². The molecule has 1 fully saturated rings. The number of para-hydroxylation sites is 2. The van der Waals surface area contributed by atoms with E-state index in [9.17, 15) is 18.8 Å². The molecule has 0 bridgehead atoms. The van der Waals surface area contributed by atoms with Crippen molar-refractivity contribution in [3.8, 4) is 0 Å². The van der Waals surface area contributed by atoms with Crippen LogP contribution in [0.5, 0.6) is 0 Å². The molecule has 0 atom stereocenters. The van der Waals surface area contributed by atoms with Crippen molar-refractivity contribution in [1.82, 2.24) is 9.88 Å². The van der Waals surface area contributed by atoms with Crippen molar-refractivity contribution < 1.29 is 23.5 Å². The molecule has 2 aromatic carbocycles. The summed E-state index contributed by atoms with van der Waals surface area (Å²) in [5.41, 5.74) is 0.999. The van der Waals surface area contributed by atoms with E-state index in [2.05, 4.69) is 5.32 Å². The highest BCUT2D eigenvalue weighted by Crippen LogP contribution is 2.27. The molecule has 31 heavy (non-hydrogen) atoms.